The third-order valence-electron chi connectivity index (χ3n) is 6.60. The first-order valence-electron chi connectivity index (χ1n) is 10.1. The van der Waals surface area contributed by atoms with Gasteiger partial charge in [-0.2, -0.15) is 30.4 Å². The van der Waals surface area contributed by atoms with Crippen molar-refractivity contribution in [3.63, 3.8) is 0 Å². The summed E-state index contributed by atoms with van der Waals surface area (Å²) < 4.78 is 109. The molecule has 2 saturated carbocycles. The Morgan fingerprint density at radius 1 is 1.14 bits per heavy atom. The summed E-state index contributed by atoms with van der Waals surface area (Å²) in [7, 11) is -6.63. The van der Waals surface area contributed by atoms with Crippen LogP contribution in [0.25, 0.3) is 0 Å². The molecule has 2 bridgehead atoms. The topological polar surface area (TPSA) is 136 Å². The molecule has 1 aromatic rings. The average Bonchev–Trinajstić information content (AvgIpc) is 3.35. The van der Waals surface area contributed by atoms with Gasteiger partial charge in [-0.1, -0.05) is 0 Å². The largest absolute Gasteiger partial charge is 0.461 e. The first kappa shape index (κ1) is 29.4. The van der Waals surface area contributed by atoms with Crippen molar-refractivity contribution in [3.05, 3.63) is 28.4 Å². The Morgan fingerprint density at radius 2 is 1.76 bits per heavy atom. The fourth-order valence-corrected chi connectivity index (χ4v) is 8.02. The molecule has 7 atom stereocenters. The summed E-state index contributed by atoms with van der Waals surface area (Å²) in [5, 5.41) is -3.27. The van der Waals surface area contributed by atoms with Crippen molar-refractivity contribution >= 4 is 95.7 Å². The van der Waals surface area contributed by atoms with Gasteiger partial charge in [-0.05, 0) is 92.2 Å². The molecule has 0 radical (unpaired) electrons. The third kappa shape index (κ3) is 5.05. The second kappa shape index (κ2) is 9.78. The van der Waals surface area contributed by atoms with E-state index in [2.05, 4.69) is 10.1 Å². The van der Waals surface area contributed by atoms with Crippen molar-refractivity contribution in [1.82, 2.24) is 5.32 Å². The number of hydrogen-bond donors (Lipinski definition) is 2. The molecule has 4 rings (SSSR count). The first-order valence-corrected chi connectivity index (χ1v) is 14.8. The van der Waals surface area contributed by atoms with Crippen LogP contribution in [0.1, 0.15) is 16.8 Å². The average molecular weight is 891 g/mol. The molecule has 1 aliphatic heterocycles. The van der Waals surface area contributed by atoms with Crippen molar-refractivity contribution in [3.8, 4) is 0 Å². The molecule has 1 heterocycles. The third-order valence-corrected chi connectivity index (χ3v) is 11.2. The number of rotatable bonds is 6. The van der Waals surface area contributed by atoms with Crippen LogP contribution in [0.2, 0.25) is 0 Å². The van der Waals surface area contributed by atoms with Crippen LogP contribution in [-0.2, 0) is 29.2 Å². The SMILES string of the molecule is O=C(NC1C2CC3C(OC(=O)C31)C2C(=O)OC(C(F)(F)F)C(F)(F)S(=O)(=O)O)c1cc(I)cc(I)c1I. The molecule has 0 spiro atoms. The molecule has 1 amide bonds. The fraction of sp³-hybridized carbons (Fsp3) is 0.526. The van der Waals surface area contributed by atoms with Crippen molar-refractivity contribution in [2.24, 2.45) is 23.7 Å². The minimum atomic E-state index is -6.63. The zero-order valence-electron chi connectivity index (χ0n) is 17.6. The summed E-state index contributed by atoms with van der Waals surface area (Å²) in [6.07, 6.45) is -11.8. The van der Waals surface area contributed by atoms with E-state index in [0.29, 0.717) is 3.57 Å². The Morgan fingerprint density at radius 3 is 2.32 bits per heavy atom. The number of nitrogens with one attached hydrogen (secondary N) is 1. The summed E-state index contributed by atoms with van der Waals surface area (Å²) in [4.78, 5) is 38.3. The van der Waals surface area contributed by atoms with E-state index < -0.39 is 81.3 Å². The minimum absolute atomic E-state index is 0.0398. The van der Waals surface area contributed by atoms with E-state index >= 15 is 0 Å². The van der Waals surface area contributed by atoms with Crippen LogP contribution in [0.15, 0.2) is 12.1 Å². The van der Waals surface area contributed by atoms with Gasteiger partial charge in [-0.15, -0.1) is 0 Å². The van der Waals surface area contributed by atoms with Gasteiger partial charge in [0.1, 0.15) is 6.10 Å². The molecule has 1 aromatic carbocycles. The van der Waals surface area contributed by atoms with E-state index in [4.69, 9.17) is 9.29 Å². The van der Waals surface area contributed by atoms with Gasteiger partial charge < -0.3 is 14.8 Å². The summed E-state index contributed by atoms with van der Waals surface area (Å²) in [5.74, 6) is -7.67. The number of carbonyl (C=O) groups excluding carboxylic acids is 3. The highest BCUT2D eigenvalue weighted by atomic mass is 127. The summed E-state index contributed by atoms with van der Waals surface area (Å²) in [6, 6.07) is 2.29. The number of hydrogen-bond acceptors (Lipinski definition) is 7. The quantitative estimate of drug-likeness (QED) is 0.146. The Kier molecular flexibility index (Phi) is 7.76. The lowest BCUT2D eigenvalue weighted by molar-refractivity contribution is -0.262. The smallest absolute Gasteiger partial charge is 0.432 e. The van der Waals surface area contributed by atoms with Crippen LogP contribution < -0.4 is 5.32 Å². The number of benzene rings is 1. The summed E-state index contributed by atoms with van der Waals surface area (Å²) in [5.41, 5.74) is 0.242. The van der Waals surface area contributed by atoms with Gasteiger partial charge in [0.15, 0.2) is 0 Å². The normalized spacial score (nSPS) is 29.7. The molecule has 1 saturated heterocycles. The molecule has 2 aliphatic carbocycles. The van der Waals surface area contributed by atoms with Crippen LogP contribution in [0, 0.1) is 34.4 Å². The molecule has 37 heavy (non-hydrogen) atoms. The molecular formula is C19H13F5I3NO8S. The van der Waals surface area contributed by atoms with Gasteiger partial charge in [0.05, 0.1) is 17.4 Å². The minimum Gasteiger partial charge on any atom is -0.461 e. The maximum Gasteiger partial charge on any atom is 0.432 e. The Labute approximate surface area is 246 Å². The molecule has 0 aromatic heterocycles. The maximum absolute atomic E-state index is 13.9. The van der Waals surface area contributed by atoms with Crippen molar-refractivity contribution < 1.29 is 58.8 Å². The highest BCUT2D eigenvalue weighted by Gasteiger charge is 2.71. The Balaban J connectivity index is 1.62. The molecule has 2 N–H and O–H groups in total. The van der Waals surface area contributed by atoms with E-state index in [9.17, 15) is 44.8 Å². The van der Waals surface area contributed by atoms with Crippen molar-refractivity contribution in [1.29, 1.82) is 0 Å². The lowest BCUT2D eigenvalue weighted by atomic mass is 9.78. The van der Waals surface area contributed by atoms with Crippen LogP contribution in [-0.4, -0.2) is 60.5 Å². The zero-order valence-corrected chi connectivity index (χ0v) is 24.9. The Bertz CT molecular complexity index is 1290. The van der Waals surface area contributed by atoms with Gasteiger partial charge in [-0.3, -0.25) is 18.9 Å². The fourth-order valence-electron chi connectivity index (χ4n) is 5.17. The number of alkyl halides is 5. The highest BCUT2D eigenvalue weighted by molar-refractivity contribution is 14.1. The molecular weight excluding hydrogens is 878 g/mol. The molecule has 9 nitrogen and oxygen atoms in total. The molecule has 18 heteroatoms. The first-order chi connectivity index (χ1) is 16.9. The van der Waals surface area contributed by atoms with Gasteiger partial charge >= 0.3 is 33.5 Å². The van der Waals surface area contributed by atoms with Crippen LogP contribution in [0.5, 0.6) is 0 Å². The summed E-state index contributed by atoms with van der Waals surface area (Å²) in [6.45, 7) is 0. The van der Waals surface area contributed by atoms with Crippen LogP contribution in [0.3, 0.4) is 0 Å². The van der Waals surface area contributed by atoms with E-state index in [1.807, 2.05) is 73.8 Å². The second-order valence-electron chi connectivity index (χ2n) is 8.66. The van der Waals surface area contributed by atoms with Gasteiger partial charge in [0, 0.05) is 22.7 Å². The highest BCUT2D eigenvalue weighted by Crippen LogP contribution is 2.58. The number of fused-ring (bicyclic) bond motifs is 1. The van der Waals surface area contributed by atoms with Crippen LogP contribution in [0.4, 0.5) is 22.0 Å². The van der Waals surface area contributed by atoms with E-state index in [1.165, 1.54) is 0 Å². The van der Waals surface area contributed by atoms with Crippen LogP contribution >= 0.6 is 67.8 Å². The number of ether oxygens (including phenoxy) is 2. The lowest BCUT2D eigenvalue weighted by Gasteiger charge is -2.33. The molecule has 3 fully saturated rings. The van der Waals surface area contributed by atoms with E-state index in [1.54, 1.807) is 6.07 Å². The predicted molar refractivity (Wildman–Crippen MR) is 137 cm³/mol. The zero-order chi connectivity index (χ0) is 27.8. The number of esters is 2. The van der Waals surface area contributed by atoms with Crippen molar-refractivity contribution in [2.45, 2.75) is 36.1 Å². The van der Waals surface area contributed by atoms with Gasteiger partial charge in [0.25, 0.3) is 12.0 Å². The van der Waals surface area contributed by atoms with Gasteiger partial charge in [-0.25, -0.2) is 0 Å². The molecule has 3 aliphatic rings. The van der Waals surface area contributed by atoms with Crippen molar-refractivity contribution in [2.75, 3.05) is 0 Å². The monoisotopic (exact) mass is 891 g/mol. The second-order valence-corrected chi connectivity index (χ2v) is 13.6. The number of halogens is 8. The number of carbonyl (C=O) groups is 3. The van der Waals surface area contributed by atoms with E-state index in [0.717, 1.165) is 7.14 Å². The molecule has 7 unspecified atom stereocenters. The Hall–Kier alpha value is -0.620. The van der Waals surface area contributed by atoms with E-state index in [-0.39, 0.29) is 12.0 Å². The number of amides is 1. The molecule has 204 valence electrons. The predicted octanol–water partition coefficient (Wildman–Crippen LogP) is 3.36. The maximum atomic E-state index is 13.9. The standard InChI is InChI=1S/C19H13F5I3NO8S/c20-18(21,22)17(19(23,24)37(32,33)34)36-16(31)10-5-3-6-9(15(30)35-13(6)10)12(5)28-14(29)7-1-4(25)2-8(26)11(7)27/h1-2,5-6,9-10,12-13,17H,3H2,(H,28,29)(H,32,33,34). The summed E-state index contributed by atoms with van der Waals surface area (Å²) >= 11 is 5.94. The lowest BCUT2D eigenvalue weighted by Crippen LogP contribution is -2.55. The van der Waals surface area contributed by atoms with Gasteiger partial charge in [0.2, 0.25) is 0 Å².